The summed E-state index contributed by atoms with van der Waals surface area (Å²) in [6, 6.07) is 0.483. The number of nitrogens with one attached hydrogen (secondary N) is 1. The average Bonchev–Trinajstić information content (AvgIpc) is 2.34. The Morgan fingerprint density at radius 2 is 2.31 bits per heavy atom. The Morgan fingerprint density at radius 3 is 3.00 bits per heavy atom. The van der Waals surface area contributed by atoms with E-state index in [9.17, 15) is 4.79 Å². The number of piperidine rings is 1. The van der Waals surface area contributed by atoms with E-state index < -0.39 is 0 Å². The largest absolute Gasteiger partial charge is 0.385 e. The predicted octanol–water partition coefficient (Wildman–Crippen LogP) is 1.01. The summed E-state index contributed by atoms with van der Waals surface area (Å²) in [6.07, 6.45) is 4.89. The molecule has 16 heavy (non-hydrogen) atoms. The smallest absolute Gasteiger partial charge is 0.222 e. The van der Waals surface area contributed by atoms with Crippen LogP contribution in [0.4, 0.5) is 0 Å². The van der Waals surface area contributed by atoms with Crippen LogP contribution in [0.2, 0.25) is 0 Å². The number of rotatable bonds is 6. The quantitative estimate of drug-likeness (QED) is 0.690. The lowest BCUT2D eigenvalue weighted by atomic mass is 10.1. The van der Waals surface area contributed by atoms with E-state index >= 15 is 0 Å². The van der Waals surface area contributed by atoms with Gasteiger partial charge in [0.05, 0.1) is 0 Å². The van der Waals surface area contributed by atoms with Crippen LogP contribution in [0, 0.1) is 0 Å². The van der Waals surface area contributed by atoms with Crippen molar-refractivity contribution in [3.05, 3.63) is 0 Å². The van der Waals surface area contributed by atoms with Gasteiger partial charge in [0.25, 0.3) is 0 Å². The van der Waals surface area contributed by atoms with Gasteiger partial charge in [-0.2, -0.15) is 0 Å². The highest BCUT2D eigenvalue weighted by atomic mass is 16.5. The van der Waals surface area contributed by atoms with E-state index in [4.69, 9.17) is 4.74 Å². The van der Waals surface area contributed by atoms with Gasteiger partial charge in [-0.05, 0) is 32.7 Å². The van der Waals surface area contributed by atoms with E-state index in [0.717, 1.165) is 39.0 Å². The minimum Gasteiger partial charge on any atom is -0.385 e. The molecule has 0 aromatic rings. The lowest BCUT2D eigenvalue weighted by Gasteiger charge is -2.32. The molecule has 1 atom stereocenters. The molecule has 1 unspecified atom stereocenters. The number of unbranched alkanes of at least 4 members (excludes halogenated alkanes) is 1. The second kappa shape index (κ2) is 7.63. The Balaban J connectivity index is 2.19. The third kappa shape index (κ3) is 4.49. The van der Waals surface area contributed by atoms with Crippen molar-refractivity contribution in [1.82, 2.24) is 10.2 Å². The molecule has 0 spiro atoms. The molecule has 1 rings (SSSR count). The van der Waals surface area contributed by atoms with Gasteiger partial charge in [0.15, 0.2) is 0 Å². The molecule has 0 aromatic carbocycles. The molecule has 0 aromatic heterocycles. The van der Waals surface area contributed by atoms with Gasteiger partial charge < -0.3 is 15.0 Å². The molecule has 0 aliphatic carbocycles. The zero-order chi connectivity index (χ0) is 11.8. The standard InChI is InChI=1S/C12H24N2O2/c1-13-11-6-5-8-14(10-11)12(15)7-3-4-9-16-2/h11,13H,3-10H2,1-2H3. The third-order valence-corrected chi connectivity index (χ3v) is 3.17. The summed E-state index contributed by atoms with van der Waals surface area (Å²) in [6.45, 7) is 2.56. The van der Waals surface area contributed by atoms with Crippen LogP contribution in [0.15, 0.2) is 0 Å². The van der Waals surface area contributed by atoms with Crippen molar-refractivity contribution in [2.45, 2.75) is 38.1 Å². The predicted molar refractivity (Wildman–Crippen MR) is 64.4 cm³/mol. The van der Waals surface area contributed by atoms with Gasteiger partial charge in [-0.25, -0.2) is 0 Å². The number of hydrogen-bond acceptors (Lipinski definition) is 3. The zero-order valence-corrected chi connectivity index (χ0v) is 10.5. The summed E-state index contributed by atoms with van der Waals surface area (Å²) >= 11 is 0. The fourth-order valence-electron chi connectivity index (χ4n) is 2.12. The van der Waals surface area contributed by atoms with E-state index in [-0.39, 0.29) is 0 Å². The summed E-state index contributed by atoms with van der Waals surface area (Å²) in [5.74, 6) is 0.302. The van der Waals surface area contributed by atoms with Gasteiger partial charge in [-0.15, -0.1) is 0 Å². The highest BCUT2D eigenvalue weighted by Gasteiger charge is 2.21. The molecular formula is C12H24N2O2. The van der Waals surface area contributed by atoms with Gasteiger partial charge in [0, 0.05) is 39.3 Å². The SMILES string of the molecule is CNC1CCCN(C(=O)CCCCOC)C1. The molecule has 1 aliphatic heterocycles. The van der Waals surface area contributed by atoms with Crippen molar-refractivity contribution in [2.75, 3.05) is 33.9 Å². The molecule has 0 radical (unpaired) electrons. The molecular weight excluding hydrogens is 204 g/mol. The summed E-state index contributed by atoms with van der Waals surface area (Å²) < 4.78 is 4.97. The van der Waals surface area contributed by atoms with Crippen LogP contribution < -0.4 is 5.32 Å². The Hall–Kier alpha value is -0.610. The Kier molecular flexibility index (Phi) is 6.42. The van der Waals surface area contributed by atoms with Crippen LogP contribution in [0.1, 0.15) is 32.1 Å². The van der Waals surface area contributed by atoms with E-state index in [0.29, 0.717) is 18.4 Å². The summed E-state index contributed by atoms with van der Waals surface area (Å²) in [7, 11) is 3.67. The fraction of sp³-hybridized carbons (Fsp3) is 0.917. The van der Waals surface area contributed by atoms with E-state index in [1.807, 2.05) is 11.9 Å². The Morgan fingerprint density at radius 1 is 1.50 bits per heavy atom. The van der Waals surface area contributed by atoms with Gasteiger partial charge in [-0.1, -0.05) is 0 Å². The number of methoxy groups -OCH3 is 1. The molecule has 94 valence electrons. The minimum absolute atomic E-state index is 0.302. The summed E-state index contributed by atoms with van der Waals surface area (Å²) in [5.41, 5.74) is 0. The number of carbonyl (C=O) groups is 1. The maximum Gasteiger partial charge on any atom is 0.222 e. The van der Waals surface area contributed by atoms with Crippen molar-refractivity contribution < 1.29 is 9.53 Å². The summed E-state index contributed by atoms with van der Waals surface area (Å²) in [4.78, 5) is 13.9. The first kappa shape index (κ1) is 13.5. The Labute approximate surface area is 98.3 Å². The maximum atomic E-state index is 11.9. The highest BCUT2D eigenvalue weighted by molar-refractivity contribution is 5.76. The molecule has 1 amide bonds. The Bertz CT molecular complexity index is 209. The van der Waals surface area contributed by atoms with Crippen molar-refractivity contribution in [3.63, 3.8) is 0 Å². The average molecular weight is 228 g/mol. The van der Waals surface area contributed by atoms with Crippen LogP contribution >= 0.6 is 0 Å². The molecule has 1 aliphatic rings. The van der Waals surface area contributed by atoms with Crippen molar-refractivity contribution in [2.24, 2.45) is 0 Å². The number of hydrogen-bond donors (Lipinski definition) is 1. The van der Waals surface area contributed by atoms with Gasteiger partial charge in [0.2, 0.25) is 5.91 Å². The van der Waals surface area contributed by atoms with Gasteiger partial charge in [-0.3, -0.25) is 4.79 Å². The maximum absolute atomic E-state index is 11.9. The van der Waals surface area contributed by atoms with Crippen molar-refractivity contribution in [3.8, 4) is 0 Å². The molecule has 4 heteroatoms. The molecule has 1 fully saturated rings. The first-order valence-electron chi connectivity index (χ1n) is 6.22. The third-order valence-electron chi connectivity index (χ3n) is 3.17. The van der Waals surface area contributed by atoms with Crippen LogP contribution in [0.25, 0.3) is 0 Å². The lowest BCUT2D eigenvalue weighted by Crippen LogP contribution is -2.46. The number of ether oxygens (including phenoxy) is 1. The van der Waals surface area contributed by atoms with Gasteiger partial charge >= 0.3 is 0 Å². The van der Waals surface area contributed by atoms with Crippen LogP contribution in [-0.2, 0) is 9.53 Å². The van der Waals surface area contributed by atoms with Gasteiger partial charge in [0.1, 0.15) is 0 Å². The molecule has 0 saturated carbocycles. The molecule has 1 heterocycles. The first-order valence-corrected chi connectivity index (χ1v) is 6.22. The number of amides is 1. The number of likely N-dealkylation sites (N-methyl/N-ethyl adjacent to an activating group) is 1. The second-order valence-electron chi connectivity index (χ2n) is 4.42. The lowest BCUT2D eigenvalue weighted by molar-refractivity contribution is -0.132. The highest BCUT2D eigenvalue weighted by Crippen LogP contribution is 2.12. The fourth-order valence-corrected chi connectivity index (χ4v) is 2.12. The van der Waals surface area contributed by atoms with Crippen molar-refractivity contribution in [1.29, 1.82) is 0 Å². The molecule has 0 bridgehead atoms. The zero-order valence-electron chi connectivity index (χ0n) is 10.5. The van der Waals surface area contributed by atoms with Crippen LogP contribution in [-0.4, -0.2) is 50.7 Å². The molecule has 1 saturated heterocycles. The second-order valence-corrected chi connectivity index (χ2v) is 4.42. The van der Waals surface area contributed by atoms with Crippen LogP contribution in [0.3, 0.4) is 0 Å². The first-order chi connectivity index (χ1) is 7.77. The van der Waals surface area contributed by atoms with Crippen molar-refractivity contribution >= 4 is 5.91 Å². The van der Waals surface area contributed by atoms with E-state index in [1.54, 1.807) is 7.11 Å². The van der Waals surface area contributed by atoms with E-state index in [1.165, 1.54) is 6.42 Å². The van der Waals surface area contributed by atoms with Crippen LogP contribution in [0.5, 0.6) is 0 Å². The minimum atomic E-state index is 0.302. The monoisotopic (exact) mass is 228 g/mol. The van der Waals surface area contributed by atoms with E-state index in [2.05, 4.69) is 5.32 Å². The molecule has 4 nitrogen and oxygen atoms in total. The normalized spacial score (nSPS) is 21.1. The summed E-state index contributed by atoms with van der Waals surface area (Å²) in [5, 5.41) is 3.25. The topological polar surface area (TPSA) is 41.6 Å². The molecule has 1 N–H and O–H groups in total. The number of likely N-dealkylation sites (tertiary alicyclic amines) is 1. The number of carbonyl (C=O) groups excluding carboxylic acids is 1. The number of nitrogens with zero attached hydrogens (tertiary/aromatic N) is 1.